The number of aromatic nitrogens is 2. The van der Waals surface area contributed by atoms with E-state index in [0.717, 1.165) is 42.7 Å². The Morgan fingerprint density at radius 2 is 1.91 bits per heavy atom. The highest BCUT2D eigenvalue weighted by atomic mass is 32.1. The number of halogens is 1. The Kier molecular flexibility index (Phi) is 7.70. The third-order valence-corrected chi connectivity index (χ3v) is 6.02. The van der Waals surface area contributed by atoms with Gasteiger partial charge in [0.15, 0.2) is 0 Å². The number of nitrogens with zero attached hydrogens (tertiary/aromatic N) is 3. The maximum atomic E-state index is 12.8. The van der Waals surface area contributed by atoms with Crippen LogP contribution in [0.2, 0.25) is 0 Å². The molecule has 1 aliphatic heterocycles. The van der Waals surface area contributed by atoms with Crippen LogP contribution in [-0.4, -0.2) is 57.7 Å². The molecule has 1 aliphatic carbocycles. The van der Waals surface area contributed by atoms with E-state index in [1.165, 1.54) is 48.8 Å². The van der Waals surface area contributed by atoms with E-state index < -0.39 is 17.4 Å². The van der Waals surface area contributed by atoms with E-state index in [1.54, 1.807) is 12.1 Å². The first-order valence-corrected chi connectivity index (χ1v) is 10.9. The fourth-order valence-corrected chi connectivity index (χ4v) is 4.01. The van der Waals surface area contributed by atoms with Crippen LogP contribution >= 0.6 is 11.5 Å². The number of rotatable bonds is 5. The van der Waals surface area contributed by atoms with Gasteiger partial charge < -0.3 is 20.4 Å². The van der Waals surface area contributed by atoms with Crippen LogP contribution in [0.5, 0.6) is 0 Å². The van der Waals surface area contributed by atoms with E-state index in [-0.39, 0.29) is 17.8 Å². The van der Waals surface area contributed by atoms with Gasteiger partial charge in [0.1, 0.15) is 11.6 Å². The van der Waals surface area contributed by atoms with E-state index in [0.29, 0.717) is 6.42 Å². The zero-order chi connectivity index (χ0) is 23.1. The van der Waals surface area contributed by atoms with Crippen molar-refractivity contribution >= 4 is 28.6 Å². The van der Waals surface area contributed by atoms with Crippen molar-refractivity contribution in [3.05, 3.63) is 65.3 Å². The van der Waals surface area contributed by atoms with Gasteiger partial charge >= 0.3 is 11.9 Å². The van der Waals surface area contributed by atoms with Crippen LogP contribution in [0.25, 0.3) is 0 Å². The van der Waals surface area contributed by atoms with Crippen molar-refractivity contribution in [1.29, 1.82) is 0 Å². The fraction of sp³-hybridized carbons (Fsp3) is 0.364. The average Bonchev–Trinajstić information content (AvgIpc) is 3.25. The Hall–Kier alpha value is -3.11. The van der Waals surface area contributed by atoms with Gasteiger partial charge in [-0.05, 0) is 31.0 Å². The molecule has 10 heteroatoms. The smallest absolute Gasteiger partial charge is 0.331 e. The summed E-state index contributed by atoms with van der Waals surface area (Å²) in [4.78, 5) is 28.2. The van der Waals surface area contributed by atoms with Crippen molar-refractivity contribution in [3.8, 4) is 0 Å². The summed E-state index contributed by atoms with van der Waals surface area (Å²) < 4.78 is 17.2. The summed E-state index contributed by atoms with van der Waals surface area (Å²) in [5.74, 6) is -1.46. The average molecular weight is 461 g/mol. The first-order chi connectivity index (χ1) is 15.3. The highest BCUT2D eigenvalue weighted by molar-refractivity contribution is 7.09. The van der Waals surface area contributed by atoms with Gasteiger partial charge in [0, 0.05) is 49.7 Å². The minimum Gasteiger partial charge on any atom is -0.481 e. The molecule has 1 aromatic carbocycles. The summed E-state index contributed by atoms with van der Waals surface area (Å²) >= 11 is 1.44. The maximum absolute atomic E-state index is 12.8. The molecule has 0 amide bonds. The molecule has 0 spiro atoms. The lowest BCUT2D eigenvalue weighted by Crippen LogP contribution is -2.43. The zero-order valence-electron chi connectivity index (χ0n) is 17.6. The standard InChI is InChI=1S/C13H15FN4S.C9H10O4/c14-11-3-1-10(2-4-11)9-12-16-13(19-17-12)18-7-5-15-6-8-18;1-9(8(12)13)4-2-3-6(5-9)7(10)11/h1-4,15H,5-9H2;2-4H,5H2,1H3,(H,10,11)(H,12,13). The minimum absolute atomic E-state index is 0.0359. The predicted molar refractivity (Wildman–Crippen MR) is 119 cm³/mol. The van der Waals surface area contributed by atoms with E-state index in [1.807, 2.05) is 0 Å². The third-order valence-electron chi connectivity index (χ3n) is 5.20. The molecule has 2 aliphatic rings. The fourth-order valence-electron chi connectivity index (χ4n) is 3.27. The van der Waals surface area contributed by atoms with Gasteiger partial charge in [-0.3, -0.25) is 4.79 Å². The summed E-state index contributed by atoms with van der Waals surface area (Å²) in [6.07, 6.45) is 5.09. The van der Waals surface area contributed by atoms with Crippen molar-refractivity contribution in [2.45, 2.75) is 19.8 Å². The molecule has 1 atom stereocenters. The van der Waals surface area contributed by atoms with E-state index >= 15 is 0 Å². The molecule has 2 aromatic rings. The van der Waals surface area contributed by atoms with Crippen LogP contribution in [0.3, 0.4) is 0 Å². The summed E-state index contributed by atoms with van der Waals surface area (Å²) in [7, 11) is 0. The van der Waals surface area contributed by atoms with Gasteiger partial charge in [-0.25, -0.2) is 14.2 Å². The topological polar surface area (TPSA) is 116 Å². The van der Waals surface area contributed by atoms with Crippen molar-refractivity contribution in [2.24, 2.45) is 5.41 Å². The number of anilines is 1. The Balaban J connectivity index is 0.000000195. The number of hydrogen-bond donors (Lipinski definition) is 3. The molecule has 2 heterocycles. The molecule has 8 nitrogen and oxygen atoms in total. The second kappa shape index (κ2) is 10.5. The van der Waals surface area contributed by atoms with Crippen LogP contribution in [0.4, 0.5) is 9.52 Å². The first kappa shape index (κ1) is 23.6. The third kappa shape index (κ3) is 6.21. The molecular formula is C22H25FN4O4S. The zero-order valence-corrected chi connectivity index (χ0v) is 18.4. The Morgan fingerprint density at radius 1 is 1.22 bits per heavy atom. The van der Waals surface area contributed by atoms with Crippen LogP contribution in [0.15, 0.2) is 48.1 Å². The van der Waals surface area contributed by atoms with Crippen molar-refractivity contribution in [2.75, 3.05) is 31.1 Å². The number of carboxylic acids is 2. The Labute approximate surface area is 189 Å². The summed E-state index contributed by atoms with van der Waals surface area (Å²) in [6.45, 7) is 5.44. The molecule has 170 valence electrons. The molecule has 1 aromatic heterocycles. The number of piperazine rings is 1. The number of allylic oxidation sites excluding steroid dienone is 2. The normalized spacial score (nSPS) is 20.2. The van der Waals surface area contributed by atoms with Crippen molar-refractivity contribution in [1.82, 2.24) is 14.7 Å². The van der Waals surface area contributed by atoms with Gasteiger partial charge in [0.05, 0.1) is 5.41 Å². The van der Waals surface area contributed by atoms with Gasteiger partial charge in [0.2, 0.25) is 5.13 Å². The summed E-state index contributed by atoms with van der Waals surface area (Å²) in [5.41, 5.74) is 0.0844. The van der Waals surface area contributed by atoms with Crippen LogP contribution in [0, 0.1) is 11.2 Å². The van der Waals surface area contributed by atoms with Crippen LogP contribution in [-0.2, 0) is 16.0 Å². The number of nitrogens with one attached hydrogen (secondary N) is 1. The second-order valence-electron chi connectivity index (χ2n) is 7.79. The van der Waals surface area contributed by atoms with Gasteiger partial charge in [-0.1, -0.05) is 30.4 Å². The monoisotopic (exact) mass is 460 g/mol. The number of aliphatic carboxylic acids is 2. The lowest BCUT2D eigenvalue weighted by molar-refractivity contribution is -0.145. The minimum atomic E-state index is -1.08. The molecule has 4 rings (SSSR count). The Morgan fingerprint density at radius 3 is 2.53 bits per heavy atom. The van der Waals surface area contributed by atoms with Crippen molar-refractivity contribution < 1.29 is 24.2 Å². The van der Waals surface area contributed by atoms with Crippen LogP contribution < -0.4 is 10.2 Å². The molecule has 1 unspecified atom stereocenters. The molecule has 3 N–H and O–H groups in total. The van der Waals surface area contributed by atoms with E-state index in [9.17, 15) is 14.0 Å². The maximum Gasteiger partial charge on any atom is 0.331 e. The van der Waals surface area contributed by atoms with E-state index in [4.69, 9.17) is 10.2 Å². The highest BCUT2D eigenvalue weighted by Crippen LogP contribution is 2.31. The van der Waals surface area contributed by atoms with Gasteiger partial charge in [0.25, 0.3) is 0 Å². The first-order valence-electron chi connectivity index (χ1n) is 10.1. The lowest BCUT2D eigenvalue weighted by Gasteiger charge is -2.26. The number of hydrogen-bond acceptors (Lipinski definition) is 7. The second-order valence-corrected chi connectivity index (χ2v) is 8.52. The summed E-state index contributed by atoms with van der Waals surface area (Å²) in [6, 6.07) is 6.50. The number of carboxylic acid groups (broad SMARTS) is 2. The number of benzene rings is 1. The molecular weight excluding hydrogens is 435 g/mol. The molecule has 0 saturated carbocycles. The van der Waals surface area contributed by atoms with Gasteiger partial charge in [-0.2, -0.15) is 4.37 Å². The predicted octanol–water partition coefficient (Wildman–Crippen LogP) is 2.73. The van der Waals surface area contributed by atoms with Gasteiger partial charge in [-0.15, -0.1) is 0 Å². The molecule has 1 saturated heterocycles. The Bertz CT molecular complexity index is 1020. The molecule has 0 bridgehead atoms. The SMILES string of the molecule is CC1(C(=O)O)C=CC=C(C(=O)O)C1.Fc1ccc(Cc2nsc(N3CCNCC3)n2)cc1. The molecule has 1 fully saturated rings. The van der Waals surface area contributed by atoms with E-state index in [2.05, 4.69) is 19.6 Å². The van der Waals surface area contributed by atoms with Crippen molar-refractivity contribution in [3.63, 3.8) is 0 Å². The largest absolute Gasteiger partial charge is 0.481 e. The quantitative estimate of drug-likeness (QED) is 0.624. The summed E-state index contributed by atoms with van der Waals surface area (Å²) in [5, 5.41) is 21.8. The lowest BCUT2D eigenvalue weighted by atomic mass is 9.80. The molecule has 0 radical (unpaired) electrons. The number of carbonyl (C=O) groups is 2. The highest BCUT2D eigenvalue weighted by Gasteiger charge is 2.34. The molecule has 32 heavy (non-hydrogen) atoms. The van der Waals surface area contributed by atoms with Crippen LogP contribution in [0.1, 0.15) is 24.7 Å².